The van der Waals surface area contributed by atoms with Crippen LogP contribution in [0.4, 0.5) is 5.69 Å². The van der Waals surface area contributed by atoms with E-state index in [0.717, 1.165) is 5.56 Å². The van der Waals surface area contributed by atoms with Gasteiger partial charge in [-0.2, -0.15) is 0 Å². The minimum atomic E-state index is -0.895. The number of carbonyl (C=O) groups is 1. The fourth-order valence-electron chi connectivity index (χ4n) is 1.41. The lowest BCUT2D eigenvalue weighted by Gasteiger charge is -2.10. The zero-order chi connectivity index (χ0) is 13.0. The molecule has 0 amide bonds. The van der Waals surface area contributed by atoms with E-state index >= 15 is 0 Å². The molecule has 0 heterocycles. The van der Waals surface area contributed by atoms with Gasteiger partial charge in [-0.05, 0) is 12.5 Å². The van der Waals surface area contributed by atoms with E-state index < -0.39 is 16.5 Å². The fourth-order valence-corrected chi connectivity index (χ4v) is 1.70. The van der Waals surface area contributed by atoms with Gasteiger partial charge in [0, 0.05) is 25.0 Å². The first-order valence-corrected chi connectivity index (χ1v) is 5.39. The molecule has 0 aliphatic carbocycles. The standard InChI is InChI=1S/C11H12ClNO4/c1-7-3-4-9(10(5-7)13(15)16)6-11(12)17-8(2)14/h3-5,11H,6H2,1-2H3. The number of benzene rings is 1. The molecule has 1 atom stereocenters. The average Bonchev–Trinajstić information content (AvgIpc) is 2.19. The number of hydrogen-bond acceptors (Lipinski definition) is 4. The molecule has 0 radical (unpaired) electrons. The van der Waals surface area contributed by atoms with Gasteiger partial charge in [0.15, 0.2) is 5.56 Å². The lowest BCUT2D eigenvalue weighted by molar-refractivity contribution is -0.385. The Kier molecular flexibility index (Phi) is 4.45. The molecule has 1 aromatic carbocycles. The van der Waals surface area contributed by atoms with Crippen LogP contribution in [0.1, 0.15) is 18.1 Å². The van der Waals surface area contributed by atoms with Crippen LogP contribution in [0.15, 0.2) is 18.2 Å². The van der Waals surface area contributed by atoms with Crippen LogP contribution >= 0.6 is 11.6 Å². The average molecular weight is 258 g/mol. The monoisotopic (exact) mass is 257 g/mol. The molecule has 0 saturated carbocycles. The fraction of sp³-hybridized carbons (Fsp3) is 0.364. The van der Waals surface area contributed by atoms with Gasteiger partial charge in [0.05, 0.1) is 4.92 Å². The molecule has 0 fully saturated rings. The van der Waals surface area contributed by atoms with Crippen molar-refractivity contribution in [3.8, 4) is 0 Å². The van der Waals surface area contributed by atoms with Gasteiger partial charge >= 0.3 is 5.97 Å². The first-order valence-electron chi connectivity index (χ1n) is 4.95. The van der Waals surface area contributed by atoms with Crippen molar-refractivity contribution in [1.82, 2.24) is 0 Å². The van der Waals surface area contributed by atoms with Gasteiger partial charge in [0.1, 0.15) is 0 Å². The number of hydrogen-bond donors (Lipinski definition) is 0. The van der Waals surface area contributed by atoms with Crippen molar-refractivity contribution in [3.05, 3.63) is 39.4 Å². The van der Waals surface area contributed by atoms with Gasteiger partial charge in [0.2, 0.25) is 0 Å². The lowest BCUT2D eigenvalue weighted by atomic mass is 10.1. The molecule has 6 heteroatoms. The summed E-state index contributed by atoms with van der Waals surface area (Å²) in [5.74, 6) is -0.514. The van der Waals surface area contributed by atoms with Gasteiger partial charge in [-0.15, -0.1) is 0 Å². The van der Waals surface area contributed by atoms with E-state index in [4.69, 9.17) is 16.3 Å². The SMILES string of the molecule is CC(=O)OC(Cl)Cc1ccc(C)cc1[N+](=O)[O-]. The number of alkyl halides is 1. The van der Waals surface area contributed by atoms with Crippen LogP contribution in [-0.2, 0) is 16.0 Å². The zero-order valence-electron chi connectivity index (χ0n) is 9.47. The predicted molar refractivity (Wildman–Crippen MR) is 62.9 cm³/mol. The number of nitrogens with zero attached hydrogens (tertiary/aromatic N) is 1. The van der Waals surface area contributed by atoms with Crippen LogP contribution in [0.3, 0.4) is 0 Å². The summed E-state index contributed by atoms with van der Waals surface area (Å²) in [7, 11) is 0. The van der Waals surface area contributed by atoms with Gasteiger partial charge in [0.25, 0.3) is 5.69 Å². The van der Waals surface area contributed by atoms with Gasteiger partial charge in [-0.1, -0.05) is 23.7 Å². The van der Waals surface area contributed by atoms with E-state index in [2.05, 4.69) is 0 Å². The number of nitro groups is 1. The van der Waals surface area contributed by atoms with Crippen molar-refractivity contribution in [1.29, 1.82) is 0 Å². The number of halogens is 1. The summed E-state index contributed by atoms with van der Waals surface area (Å²) in [6, 6.07) is 4.83. The van der Waals surface area contributed by atoms with E-state index in [0.29, 0.717) is 5.56 Å². The summed E-state index contributed by atoms with van der Waals surface area (Å²) in [6.45, 7) is 3.00. The highest BCUT2D eigenvalue weighted by Gasteiger charge is 2.18. The summed E-state index contributed by atoms with van der Waals surface area (Å²) >= 11 is 5.76. The zero-order valence-corrected chi connectivity index (χ0v) is 10.2. The number of carbonyl (C=O) groups excluding carboxylic acids is 1. The Morgan fingerprint density at radius 2 is 2.24 bits per heavy atom. The number of rotatable bonds is 4. The molecular formula is C11H12ClNO4. The molecule has 0 spiro atoms. The molecule has 0 saturated heterocycles. The lowest BCUT2D eigenvalue weighted by Crippen LogP contribution is -2.13. The summed E-state index contributed by atoms with van der Waals surface area (Å²) in [5.41, 5.74) is 0.331. The Bertz CT molecular complexity index is 447. The summed E-state index contributed by atoms with van der Waals surface area (Å²) in [4.78, 5) is 21.0. The van der Waals surface area contributed by atoms with Crippen molar-refractivity contribution in [3.63, 3.8) is 0 Å². The second-order valence-corrected chi connectivity index (χ2v) is 4.10. The Balaban J connectivity index is 2.90. The topological polar surface area (TPSA) is 69.4 Å². The second-order valence-electron chi connectivity index (χ2n) is 3.61. The molecule has 17 heavy (non-hydrogen) atoms. The van der Waals surface area contributed by atoms with Crippen molar-refractivity contribution >= 4 is 23.3 Å². The van der Waals surface area contributed by atoms with Crippen molar-refractivity contribution < 1.29 is 14.5 Å². The third kappa shape index (κ3) is 4.03. The molecule has 92 valence electrons. The second kappa shape index (κ2) is 5.63. The third-order valence-electron chi connectivity index (χ3n) is 2.11. The van der Waals surface area contributed by atoms with E-state index in [1.54, 1.807) is 19.1 Å². The van der Waals surface area contributed by atoms with Crippen molar-refractivity contribution in [2.75, 3.05) is 0 Å². The van der Waals surface area contributed by atoms with Crippen LogP contribution in [0.2, 0.25) is 0 Å². The molecule has 0 aliphatic heterocycles. The molecule has 1 aromatic rings. The molecule has 1 unspecified atom stereocenters. The van der Waals surface area contributed by atoms with E-state index in [1.165, 1.54) is 13.0 Å². The molecule has 0 N–H and O–H groups in total. The Morgan fingerprint density at radius 3 is 2.76 bits per heavy atom. The van der Waals surface area contributed by atoms with Crippen LogP contribution in [0.5, 0.6) is 0 Å². The first-order chi connectivity index (χ1) is 7.90. The normalized spacial score (nSPS) is 11.9. The van der Waals surface area contributed by atoms with Crippen LogP contribution in [0, 0.1) is 17.0 Å². The first kappa shape index (κ1) is 13.4. The highest BCUT2D eigenvalue weighted by Crippen LogP contribution is 2.23. The maximum Gasteiger partial charge on any atom is 0.304 e. The Hall–Kier alpha value is -1.62. The Morgan fingerprint density at radius 1 is 1.59 bits per heavy atom. The molecule has 0 bridgehead atoms. The van der Waals surface area contributed by atoms with Crippen molar-refractivity contribution in [2.24, 2.45) is 0 Å². The molecule has 1 rings (SSSR count). The smallest absolute Gasteiger partial charge is 0.304 e. The molecule has 0 aliphatic rings. The minimum absolute atomic E-state index is 0.0113. The summed E-state index contributed by atoms with van der Waals surface area (Å²) < 4.78 is 4.72. The number of aryl methyl sites for hydroxylation is 1. The number of ether oxygens (including phenoxy) is 1. The third-order valence-corrected chi connectivity index (χ3v) is 2.36. The van der Waals surface area contributed by atoms with Gasteiger partial charge in [-0.25, -0.2) is 0 Å². The van der Waals surface area contributed by atoms with Crippen LogP contribution in [0.25, 0.3) is 0 Å². The Labute approximate surface area is 103 Å². The maximum absolute atomic E-state index is 10.8. The summed E-state index contributed by atoms with van der Waals surface area (Å²) in [5, 5.41) is 10.8. The molecule has 0 aromatic heterocycles. The van der Waals surface area contributed by atoms with E-state index in [9.17, 15) is 14.9 Å². The highest BCUT2D eigenvalue weighted by molar-refractivity contribution is 6.20. The highest BCUT2D eigenvalue weighted by atomic mass is 35.5. The number of esters is 1. The van der Waals surface area contributed by atoms with Crippen LogP contribution in [-0.4, -0.2) is 16.5 Å². The van der Waals surface area contributed by atoms with Crippen molar-refractivity contribution in [2.45, 2.75) is 25.8 Å². The summed E-state index contributed by atoms with van der Waals surface area (Å²) in [6.07, 6.45) is 0.109. The predicted octanol–water partition coefficient (Wildman–Crippen LogP) is 2.57. The largest absolute Gasteiger partial charge is 0.446 e. The van der Waals surface area contributed by atoms with E-state index in [-0.39, 0.29) is 12.1 Å². The maximum atomic E-state index is 10.8. The van der Waals surface area contributed by atoms with E-state index in [1.807, 2.05) is 0 Å². The molecule has 5 nitrogen and oxygen atoms in total. The molecular weight excluding hydrogens is 246 g/mol. The number of nitro benzene ring substituents is 1. The quantitative estimate of drug-likeness (QED) is 0.360. The van der Waals surface area contributed by atoms with Gasteiger partial charge < -0.3 is 4.74 Å². The minimum Gasteiger partial charge on any atom is -0.446 e. The van der Waals surface area contributed by atoms with Gasteiger partial charge in [-0.3, -0.25) is 14.9 Å². The van der Waals surface area contributed by atoms with Crippen LogP contribution < -0.4 is 0 Å².